The Labute approximate surface area is 110 Å². The number of furan rings is 1. The number of hydrogen-bond donors (Lipinski definition) is 1. The number of para-hydroxylation sites is 1. The SMILES string of the molecule is COC(=O)C(C)(C)NC(=O)c1cc2ccccc2o1. The van der Waals surface area contributed by atoms with Crippen LogP contribution >= 0.6 is 0 Å². The average molecular weight is 261 g/mol. The van der Waals surface area contributed by atoms with Crippen molar-refractivity contribution in [3.05, 3.63) is 36.1 Å². The molecular weight excluding hydrogens is 246 g/mol. The van der Waals surface area contributed by atoms with Crippen LogP contribution in [0.3, 0.4) is 0 Å². The highest BCUT2D eigenvalue weighted by molar-refractivity contribution is 5.98. The van der Waals surface area contributed by atoms with Crippen LogP contribution in [0.4, 0.5) is 0 Å². The molecule has 1 N–H and O–H groups in total. The fourth-order valence-electron chi connectivity index (χ4n) is 1.75. The van der Waals surface area contributed by atoms with Crippen LogP contribution in [-0.4, -0.2) is 24.5 Å². The smallest absolute Gasteiger partial charge is 0.330 e. The number of ether oxygens (including phenoxy) is 1. The molecule has 0 saturated carbocycles. The third-order valence-corrected chi connectivity index (χ3v) is 2.77. The van der Waals surface area contributed by atoms with E-state index >= 15 is 0 Å². The van der Waals surface area contributed by atoms with E-state index in [1.165, 1.54) is 7.11 Å². The first-order valence-electron chi connectivity index (χ1n) is 5.83. The Hall–Kier alpha value is -2.30. The van der Waals surface area contributed by atoms with Crippen LogP contribution in [0.2, 0.25) is 0 Å². The van der Waals surface area contributed by atoms with E-state index in [9.17, 15) is 9.59 Å². The molecule has 0 saturated heterocycles. The highest BCUT2D eigenvalue weighted by atomic mass is 16.5. The van der Waals surface area contributed by atoms with Gasteiger partial charge in [0.25, 0.3) is 5.91 Å². The van der Waals surface area contributed by atoms with Crippen LogP contribution in [0.25, 0.3) is 11.0 Å². The Balaban J connectivity index is 2.22. The van der Waals surface area contributed by atoms with Crippen molar-refractivity contribution in [2.24, 2.45) is 0 Å². The zero-order chi connectivity index (χ0) is 14.0. The third kappa shape index (κ3) is 2.59. The van der Waals surface area contributed by atoms with E-state index in [0.717, 1.165) is 5.39 Å². The minimum absolute atomic E-state index is 0.165. The third-order valence-electron chi connectivity index (χ3n) is 2.77. The highest BCUT2D eigenvalue weighted by Gasteiger charge is 2.31. The molecule has 5 heteroatoms. The van der Waals surface area contributed by atoms with Crippen LogP contribution in [0.1, 0.15) is 24.4 Å². The van der Waals surface area contributed by atoms with Crippen molar-refractivity contribution in [1.29, 1.82) is 0 Å². The number of amides is 1. The number of hydrogen-bond acceptors (Lipinski definition) is 4. The van der Waals surface area contributed by atoms with Gasteiger partial charge in [0.05, 0.1) is 7.11 Å². The average Bonchev–Trinajstić information content (AvgIpc) is 2.81. The number of carbonyl (C=O) groups is 2. The van der Waals surface area contributed by atoms with E-state index in [1.807, 2.05) is 18.2 Å². The van der Waals surface area contributed by atoms with Gasteiger partial charge in [0.15, 0.2) is 5.76 Å². The second-order valence-electron chi connectivity index (χ2n) is 4.72. The van der Waals surface area contributed by atoms with Gasteiger partial charge in [0, 0.05) is 5.39 Å². The fourth-order valence-corrected chi connectivity index (χ4v) is 1.75. The molecule has 0 aliphatic rings. The van der Waals surface area contributed by atoms with Gasteiger partial charge in [-0.1, -0.05) is 18.2 Å². The summed E-state index contributed by atoms with van der Waals surface area (Å²) in [5.41, 5.74) is -0.478. The monoisotopic (exact) mass is 261 g/mol. The molecule has 0 fully saturated rings. The molecule has 5 nitrogen and oxygen atoms in total. The molecule has 19 heavy (non-hydrogen) atoms. The summed E-state index contributed by atoms with van der Waals surface area (Å²) in [4.78, 5) is 23.5. The van der Waals surface area contributed by atoms with E-state index in [-0.39, 0.29) is 5.76 Å². The number of benzene rings is 1. The fraction of sp³-hybridized carbons (Fsp3) is 0.286. The second-order valence-corrected chi connectivity index (χ2v) is 4.72. The predicted octanol–water partition coefficient (Wildman–Crippen LogP) is 2.11. The summed E-state index contributed by atoms with van der Waals surface area (Å²) in [5.74, 6) is -0.804. The minimum Gasteiger partial charge on any atom is -0.467 e. The minimum atomic E-state index is -1.11. The Morgan fingerprint density at radius 1 is 1.26 bits per heavy atom. The number of esters is 1. The van der Waals surface area contributed by atoms with Gasteiger partial charge in [-0.05, 0) is 26.0 Å². The quantitative estimate of drug-likeness (QED) is 0.859. The van der Waals surface area contributed by atoms with E-state index in [1.54, 1.807) is 26.0 Å². The first-order valence-corrected chi connectivity index (χ1v) is 5.83. The van der Waals surface area contributed by atoms with Crippen LogP contribution < -0.4 is 5.32 Å². The zero-order valence-corrected chi connectivity index (χ0v) is 11.0. The highest BCUT2D eigenvalue weighted by Crippen LogP contribution is 2.19. The molecule has 0 radical (unpaired) electrons. The van der Waals surface area contributed by atoms with E-state index in [0.29, 0.717) is 5.58 Å². The largest absolute Gasteiger partial charge is 0.467 e. The predicted molar refractivity (Wildman–Crippen MR) is 69.8 cm³/mol. The molecule has 0 unspecified atom stereocenters. The van der Waals surface area contributed by atoms with Crippen LogP contribution in [0.15, 0.2) is 34.7 Å². The molecule has 1 heterocycles. The van der Waals surface area contributed by atoms with Gasteiger partial charge in [-0.25, -0.2) is 4.79 Å². The zero-order valence-electron chi connectivity index (χ0n) is 11.0. The lowest BCUT2D eigenvalue weighted by molar-refractivity contribution is -0.146. The Kier molecular flexibility index (Phi) is 3.29. The first-order chi connectivity index (χ1) is 8.94. The summed E-state index contributed by atoms with van der Waals surface area (Å²) in [6.45, 7) is 3.14. The van der Waals surface area contributed by atoms with Crippen molar-refractivity contribution >= 4 is 22.8 Å². The van der Waals surface area contributed by atoms with Crippen molar-refractivity contribution in [2.75, 3.05) is 7.11 Å². The lowest BCUT2D eigenvalue weighted by atomic mass is 10.1. The van der Waals surface area contributed by atoms with E-state index in [4.69, 9.17) is 4.42 Å². The molecule has 0 aliphatic heterocycles. The van der Waals surface area contributed by atoms with E-state index in [2.05, 4.69) is 10.1 Å². The topological polar surface area (TPSA) is 68.5 Å². The summed E-state index contributed by atoms with van der Waals surface area (Å²) in [5, 5.41) is 3.41. The molecule has 0 bridgehead atoms. The maximum Gasteiger partial charge on any atom is 0.330 e. The molecular formula is C14H15NO4. The number of methoxy groups -OCH3 is 1. The van der Waals surface area contributed by atoms with Crippen molar-refractivity contribution < 1.29 is 18.7 Å². The van der Waals surface area contributed by atoms with Crippen LogP contribution in [0, 0.1) is 0 Å². The lowest BCUT2D eigenvalue weighted by Gasteiger charge is -2.22. The number of rotatable bonds is 3. The van der Waals surface area contributed by atoms with Gasteiger partial charge in [-0.3, -0.25) is 4.79 Å². The van der Waals surface area contributed by atoms with Gasteiger partial charge in [-0.2, -0.15) is 0 Å². The second kappa shape index (κ2) is 4.76. The van der Waals surface area contributed by atoms with Gasteiger partial charge < -0.3 is 14.5 Å². The molecule has 0 spiro atoms. The molecule has 0 aliphatic carbocycles. The normalized spacial score (nSPS) is 11.3. The van der Waals surface area contributed by atoms with E-state index < -0.39 is 17.4 Å². The Morgan fingerprint density at radius 2 is 1.95 bits per heavy atom. The molecule has 2 rings (SSSR count). The van der Waals surface area contributed by atoms with Gasteiger partial charge in [0.1, 0.15) is 11.1 Å². The molecule has 1 aromatic carbocycles. The van der Waals surface area contributed by atoms with Gasteiger partial charge in [-0.15, -0.1) is 0 Å². The molecule has 0 atom stereocenters. The maximum atomic E-state index is 12.0. The van der Waals surface area contributed by atoms with Crippen LogP contribution in [-0.2, 0) is 9.53 Å². The Morgan fingerprint density at radius 3 is 2.58 bits per heavy atom. The van der Waals surface area contributed by atoms with Crippen LogP contribution in [0.5, 0.6) is 0 Å². The van der Waals surface area contributed by atoms with Crippen molar-refractivity contribution in [2.45, 2.75) is 19.4 Å². The summed E-state index contributed by atoms with van der Waals surface area (Å²) < 4.78 is 10.1. The molecule has 1 aromatic heterocycles. The summed E-state index contributed by atoms with van der Waals surface area (Å²) in [7, 11) is 1.28. The molecule has 2 aromatic rings. The number of carbonyl (C=O) groups excluding carboxylic acids is 2. The van der Waals surface area contributed by atoms with Crippen molar-refractivity contribution in [1.82, 2.24) is 5.32 Å². The number of nitrogens with one attached hydrogen (secondary N) is 1. The Bertz CT molecular complexity index is 594. The first kappa shape index (κ1) is 13.1. The number of fused-ring (bicyclic) bond motifs is 1. The standard InChI is InChI=1S/C14H15NO4/c1-14(2,13(17)18-3)15-12(16)11-8-9-6-4-5-7-10(9)19-11/h4-8H,1-3H3,(H,15,16). The van der Waals surface area contributed by atoms with Crippen molar-refractivity contribution in [3.63, 3.8) is 0 Å². The summed E-state index contributed by atoms with van der Waals surface area (Å²) in [6.07, 6.45) is 0. The van der Waals surface area contributed by atoms with Crippen molar-refractivity contribution in [3.8, 4) is 0 Å². The molecule has 100 valence electrons. The van der Waals surface area contributed by atoms with Gasteiger partial charge >= 0.3 is 5.97 Å². The summed E-state index contributed by atoms with van der Waals surface area (Å²) >= 11 is 0. The maximum absolute atomic E-state index is 12.0. The lowest BCUT2D eigenvalue weighted by Crippen LogP contribution is -2.50. The molecule has 1 amide bonds. The summed E-state index contributed by atoms with van der Waals surface area (Å²) in [6, 6.07) is 8.94. The van der Waals surface area contributed by atoms with Gasteiger partial charge in [0.2, 0.25) is 0 Å².